The van der Waals surface area contributed by atoms with Gasteiger partial charge in [0.2, 0.25) is 11.8 Å². The Kier molecular flexibility index (Phi) is 7.06. The van der Waals surface area contributed by atoms with Crippen LogP contribution in [0.15, 0.2) is 94.9 Å². The monoisotopic (exact) mass is 512 g/mol. The number of aromatic hydroxyl groups is 2. The van der Waals surface area contributed by atoms with Crippen molar-refractivity contribution in [2.75, 3.05) is 0 Å². The maximum atomic E-state index is 11.8. The van der Waals surface area contributed by atoms with Gasteiger partial charge < -0.3 is 30.6 Å². The normalized spacial score (nSPS) is 11.8. The summed E-state index contributed by atoms with van der Waals surface area (Å²) in [7, 11) is 0. The zero-order chi connectivity index (χ0) is 27.4. The van der Waals surface area contributed by atoms with Gasteiger partial charge >= 0.3 is 11.9 Å². The lowest BCUT2D eigenvalue weighted by Gasteiger charge is -2.11. The maximum absolute atomic E-state index is 11.8. The quantitative estimate of drug-likeness (QED) is 0.140. The molecular formula is C28H20N2O8. The summed E-state index contributed by atoms with van der Waals surface area (Å²) < 4.78 is 0. The first kappa shape index (κ1) is 25.5. The van der Waals surface area contributed by atoms with E-state index in [9.17, 15) is 40.2 Å². The van der Waals surface area contributed by atoms with Gasteiger partial charge in [0.15, 0.2) is 0 Å². The summed E-state index contributed by atoms with van der Waals surface area (Å²) in [6, 6.07) is 19.4. The van der Waals surface area contributed by atoms with Gasteiger partial charge in [-0.25, -0.2) is 19.6 Å². The SMILES string of the molecule is O=C(O)c1ccc(-c2ccc(C(=O)O)c(C(O)=Nc3ccc(O)cc3)c2)cc1C(O)=Nc1ccc(O)cc1. The number of phenols is 2. The number of aromatic carboxylic acids is 2. The number of carbonyl (C=O) groups is 2. The number of phenolic OH excluding ortho intramolecular Hbond substituents is 2. The van der Waals surface area contributed by atoms with Gasteiger partial charge in [-0.1, -0.05) is 12.1 Å². The van der Waals surface area contributed by atoms with Crippen molar-refractivity contribution in [1.82, 2.24) is 0 Å². The average molecular weight is 512 g/mol. The Balaban J connectivity index is 1.81. The van der Waals surface area contributed by atoms with Gasteiger partial charge in [-0.3, -0.25) is 0 Å². The van der Waals surface area contributed by atoms with Crippen LogP contribution in [0.3, 0.4) is 0 Å². The number of carboxylic acids is 2. The van der Waals surface area contributed by atoms with E-state index < -0.39 is 23.7 Å². The van der Waals surface area contributed by atoms with Gasteiger partial charge in [0.1, 0.15) is 11.5 Å². The van der Waals surface area contributed by atoms with E-state index in [1.54, 1.807) is 0 Å². The summed E-state index contributed by atoms with van der Waals surface area (Å²) in [6.07, 6.45) is 0. The van der Waals surface area contributed by atoms with Gasteiger partial charge in [0.05, 0.1) is 33.6 Å². The molecule has 0 heterocycles. The highest BCUT2D eigenvalue weighted by molar-refractivity contribution is 6.07. The molecule has 4 rings (SSSR count). The fourth-order valence-electron chi connectivity index (χ4n) is 3.61. The van der Waals surface area contributed by atoms with Gasteiger partial charge in [-0.2, -0.15) is 0 Å². The Bertz CT molecular complexity index is 1470. The molecule has 0 aliphatic rings. The number of aliphatic hydroxyl groups excluding tert-OH is 2. The number of benzene rings is 4. The van der Waals surface area contributed by atoms with Gasteiger partial charge in [0, 0.05) is 0 Å². The molecule has 0 amide bonds. The second-order valence-electron chi connectivity index (χ2n) is 8.03. The molecule has 4 aromatic rings. The van der Waals surface area contributed by atoms with Gasteiger partial charge in [-0.15, -0.1) is 0 Å². The first-order chi connectivity index (χ1) is 18.1. The Labute approximate surface area is 215 Å². The molecule has 0 fully saturated rings. The molecule has 0 radical (unpaired) electrons. The number of aliphatic hydroxyl groups is 2. The highest BCUT2D eigenvalue weighted by Crippen LogP contribution is 2.28. The van der Waals surface area contributed by atoms with Crippen LogP contribution in [0.25, 0.3) is 11.1 Å². The molecule has 190 valence electrons. The minimum atomic E-state index is -1.31. The molecule has 0 aromatic heterocycles. The van der Waals surface area contributed by atoms with Crippen LogP contribution in [-0.2, 0) is 0 Å². The Morgan fingerprint density at radius 3 is 1.13 bits per heavy atom. The van der Waals surface area contributed by atoms with Crippen molar-refractivity contribution in [3.05, 3.63) is 107 Å². The third-order valence-corrected chi connectivity index (χ3v) is 5.48. The number of nitrogens with zero attached hydrogens (tertiary/aromatic N) is 2. The summed E-state index contributed by atoms with van der Waals surface area (Å²) in [6.45, 7) is 0. The molecule has 38 heavy (non-hydrogen) atoms. The molecule has 0 spiro atoms. The van der Waals surface area contributed by atoms with Crippen LogP contribution in [0.5, 0.6) is 11.5 Å². The van der Waals surface area contributed by atoms with Crippen LogP contribution < -0.4 is 0 Å². The number of hydrogen-bond donors (Lipinski definition) is 6. The lowest BCUT2D eigenvalue weighted by atomic mass is 9.95. The van der Waals surface area contributed by atoms with Crippen molar-refractivity contribution in [3.63, 3.8) is 0 Å². The smallest absolute Gasteiger partial charge is 0.336 e. The standard InChI is InChI=1S/C28H20N2O8/c31-19-7-3-17(4-8-19)29-25(33)23-13-15(1-11-21(23)27(35)36)16-2-12-22(28(37)38)24(14-16)26(34)30-18-5-9-20(32)10-6-18/h1-14,31-32H,(H,29,33)(H,30,34)(H,35,36)(H,37,38). The second kappa shape index (κ2) is 10.5. The molecular weight excluding hydrogens is 492 g/mol. The zero-order valence-corrected chi connectivity index (χ0v) is 19.5. The number of carboxylic acid groups (broad SMARTS) is 2. The molecule has 0 atom stereocenters. The number of rotatable bonds is 7. The van der Waals surface area contributed by atoms with E-state index in [-0.39, 0.29) is 45.1 Å². The van der Waals surface area contributed by atoms with Crippen molar-refractivity contribution < 1.29 is 40.2 Å². The largest absolute Gasteiger partial charge is 0.508 e. The predicted molar refractivity (Wildman–Crippen MR) is 140 cm³/mol. The van der Waals surface area contributed by atoms with Crippen LogP contribution in [0.1, 0.15) is 31.8 Å². The minimum absolute atomic E-state index is 0.00511. The fraction of sp³-hybridized carbons (Fsp3) is 0. The molecule has 0 aliphatic carbocycles. The van der Waals surface area contributed by atoms with Crippen LogP contribution in [0.2, 0.25) is 0 Å². The van der Waals surface area contributed by atoms with Crippen LogP contribution in [-0.4, -0.2) is 54.4 Å². The minimum Gasteiger partial charge on any atom is -0.508 e. The van der Waals surface area contributed by atoms with E-state index in [0.29, 0.717) is 11.1 Å². The van der Waals surface area contributed by atoms with E-state index in [4.69, 9.17) is 0 Å². The van der Waals surface area contributed by atoms with Crippen LogP contribution in [0, 0.1) is 0 Å². The summed E-state index contributed by atoms with van der Waals surface area (Å²) in [4.78, 5) is 31.7. The third kappa shape index (κ3) is 5.60. The summed E-state index contributed by atoms with van der Waals surface area (Å²) in [5.41, 5.74) is 0.667. The van der Waals surface area contributed by atoms with Crippen molar-refractivity contribution in [1.29, 1.82) is 0 Å². The molecule has 0 bridgehead atoms. The maximum Gasteiger partial charge on any atom is 0.336 e. The van der Waals surface area contributed by atoms with E-state index in [2.05, 4.69) is 9.98 Å². The van der Waals surface area contributed by atoms with Crippen molar-refractivity contribution in [2.45, 2.75) is 0 Å². The van der Waals surface area contributed by atoms with E-state index in [1.165, 1.54) is 84.9 Å². The van der Waals surface area contributed by atoms with E-state index in [1.807, 2.05) is 0 Å². The van der Waals surface area contributed by atoms with Crippen molar-refractivity contribution >= 4 is 35.1 Å². The molecule has 0 unspecified atom stereocenters. The summed E-state index contributed by atoms with van der Waals surface area (Å²) in [5, 5.41) is 59.4. The first-order valence-corrected chi connectivity index (χ1v) is 11.0. The van der Waals surface area contributed by atoms with Crippen molar-refractivity contribution in [3.8, 4) is 22.6 Å². The third-order valence-electron chi connectivity index (χ3n) is 5.48. The topological polar surface area (TPSA) is 180 Å². The van der Waals surface area contributed by atoms with E-state index in [0.717, 1.165) is 0 Å². The Hall–Kier alpha value is -5.64. The van der Waals surface area contributed by atoms with Crippen LogP contribution in [0.4, 0.5) is 11.4 Å². The molecule has 0 saturated heterocycles. The number of aliphatic imine (C=N–C) groups is 2. The lowest BCUT2D eigenvalue weighted by Crippen LogP contribution is -2.10. The number of hydrogen-bond acceptors (Lipinski definition) is 6. The summed E-state index contributed by atoms with van der Waals surface area (Å²) in [5.74, 6) is -3.80. The molecule has 6 N–H and O–H groups in total. The molecule has 0 aliphatic heterocycles. The van der Waals surface area contributed by atoms with E-state index >= 15 is 0 Å². The first-order valence-electron chi connectivity index (χ1n) is 11.0. The molecule has 4 aromatic carbocycles. The zero-order valence-electron chi connectivity index (χ0n) is 19.5. The van der Waals surface area contributed by atoms with Gasteiger partial charge in [0.25, 0.3) is 0 Å². The fourth-order valence-corrected chi connectivity index (χ4v) is 3.61. The summed E-state index contributed by atoms with van der Waals surface area (Å²) >= 11 is 0. The van der Waals surface area contributed by atoms with Crippen LogP contribution >= 0.6 is 0 Å². The van der Waals surface area contributed by atoms with Crippen molar-refractivity contribution in [2.24, 2.45) is 9.98 Å². The molecule has 0 saturated carbocycles. The highest BCUT2D eigenvalue weighted by atomic mass is 16.4. The molecule has 10 heteroatoms. The Morgan fingerprint density at radius 2 is 0.816 bits per heavy atom. The predicted octanol–water partition coefficient (Wildman–Crippen LogP) is 5.43. The second-order valence-corrected chi connectivity index (χ2v) is 8.03. The molecule has 10 nitrogen and oxygen atoms in total. The highest BCUT2D eigenvalue weighted by Gasteiger charge is 2.19. The average Bonchev–Trinajstić information content (AvgIpc) is 2.90. The lowest BCUT2D eigenvalue weighted by molar-refractivity contribution is 0.0685. The Morgan fingerprint density at radius 1 is 0.474 bits per heavy atom. The van der Waals surface area contributed by atoms with Gasteiger partial charge in [-0.05, 0) is 83.9 Å².